The minimum Gasteiger partial charge on any atom is -0.308 e. The van der Waals surface area contributed by atoms with Crippen molar-refractivity contribution >= 4 is 0 Å². The Hall–Kier alpha value is -0.0800. The van der Waals surface area contributed by atoms with E-state index >= 15 is 0 Å². The highest BCUT2D eigenvalue weighted by Crippen LogP contribution is 2.41. The zero-order valence-corrected chi connectivity index (χ0v) is 12.8. The normalized spacial score (nSPS) is 35.7. The van der Waals surface area contributed by atoms with Gasteiger partial charge in [0.2, 0.25) is 0 Å². The highest BCUT2D eigenvalue weighted by Gasteiger charge is 2.45. The SMILES string of the molecule is CCCC1CNC(C)(C2CC2)CN1CC(C)CC. The lowest BCUT2D eigenvalue weighted by molar-refractivity contribution is 0.0583. The van der Waals surface area contributed by atoms with E-state index in [9.17, 15) is 0 Å². The van der Waals surface area contributed by atoms with Crippen molar-refractivity contribution in [2.75, 3.05) is 19.6 Å². The maximum absolute atomic E-state index is 3.87. The minimum absolute atomic E-state index is 0.400. The first-order valence-corrected chi connectivity index (χ1v) is 8.08. The summed E-state index contributed by atoms with van der Waals surface area (Å²) < 4.78 is 0. The van der Waals surface area contributed by atoms with Crippen molar-refractivity contribution in [2.45, 2.75) is 71.4 Å². The fraction of sp³-hybridized carbons (Fsp3) is 1.00. The van der Waals surface area contributed by atoms with Crippen molar-refractivity contribution in [3.63, 3.8) is 0 Å². The molecule has 1 saturated heterocycles. The van der Waals surface area contributed by atoms with Crippen molar-refractivity contribution in [1.82, 2.24) is 10.2 Å². The molecule has 0 aromatic carbocycles. The third-order valence-corrected chi connectivity index (χ3v) is 5.13. The van der Waals surface area contributed by atoms with E-state index in [0.29, 0.717) is 5.54 Å². The Labute approximate surface area is 114 Å². The lowest BCUT2D eigenvalue weighted by Crippen LogP contribution is -2.64. The molecule has 18 heavy (non-hydrogen) atoms. The smallest absolute Gasteiger partial charge is 0.0309 e. The van der Waals surface area contributed by atoms with E-state index in [4.69, 9.17) is 0 Å². The predicted molar refractivity (Wildman–Crippen MR) is 78.9 cm³/mol. The number of nitrogens with zero attached hydrogens (tertiary/aromatic N) is 1. The monoisotopic (exact) mass is 252 g/mol. The average Bonchev–Trinajstić information content (AvgIpc) is 3.17. The molecule has 1 aliphatic carbocycles. The summed E-state index contributed by atoms with van der Waals surface area (Å²) in [7, 11) is 0. The number of hydrogen-bond acceptors (Lipinski definition) is 2. The first-order chi connectivity index (χ1) is 8.59. The molecule has 0 bridgehead atoms. The van der Waals surface area contributed by atoms with Crippen molar-refractivity contribution in [3.8, 4) is 0 Å². The molecule has 1 N–H and O–H groups in total. The van der Waals surface area contributed by atoms with Crippen LogP contribution in [0.1, 0.15) is 59.8 Å². The summed E-state index contributed by atoms with van der Waals surface area (Å²) in [5.41, 5.74) is 0.400. The minimum atomic E-state index is 0.400. The van der Waals surface area contributed by atoms with Gasteiger partial charge in [-0.1, -0.05) is 33.6 Å². The van der Waals surface area contributed by atoms with Crippen LogP contribution in [-0.4, -0.2) is 36.1 Å². The standard InChI is InChI=1S/C16H32N2/c1-5-7-15-10-17-16(4,14-8-9-14)12-18(15)11-13(3)6-2/h13-15,17H,5-12H2,1-4H3. The van der Waals surface area contributed by atoms with Crippen LogP contribution in [0.5, 0.6) is 0 Å². The first-order valence-electron chi connectivity index (χ1n) is 8.08. The van der Waals surface area contributed by atoms with Gasteiger partial charge in [0.05, 0.1) is 0 Å². The molecule has 2 fully saturated rings. The number of piperazine rings is 1. The second-order valence-corrected chi connectivity index (χ2v) is 6.96. The molecule has 3 atom stereocenters. The molecule has 1 aliphatic heterocycles. The van der Waals surface area contributed by atoms with Gasteiger partial charge >= 0.3 is 0 Å². The molecule has 0 amide bonds. The van der Waals surface area contributed by atoms with E-state index in [0.717, 1.165) is 17.9 Å². The summed E-state index contributed by atoms with van der Waals surface area (Å²) in [5, 5.41) is 3.87. The van der Waals surface area contributed by atoms with Crippen LogP contribution in [0.25, 0.3) is 0 Å². The van der Waals surface area contributed by atoms with Crippen LogP contribution >= 0.6 is 0 Å². The Kier molecular flexibility index (Phi) is 4.71. The van der Waals surface area contributed by atoms with Gasteiger partial charge in [0.15, 0.2) is 0 Å². The Balaban J connectivity index is 1.98. The topological polar surface area (TPSA) is 15.3 Å². The van der Waals surface area contributed by atoms with E-state index < -0.39 is 0 Å². The summed E-state index contributed by atoms with van der Waals surface area (Å²) in [5.74, 6) is 1.78. The Morgan fingerprint density at radius 3 is 2.61 bits per heavy atom. The molecular formula is C16H32N2. The maximum atomic E-state index is 3.87. The third kappa shape index (κ3) is 3.27. The van der Waals surface area contributed by atoms with Gasteiger partial charge in [-0.3, -0.25) is 4.90 Å². The van der Waals surface area contributed by atoms with Gasteiger partial charge in [-0.2, -0.15) is 0 Å². The van der Waals surface area contributed by atoms with Crippen LogP contribution in [0.3, 0.4) is 0 Å². The van der Waals surface area contributed by atoms with Crippen LogP contribution in [0.4, 0.5) is 0 Å². The highest BCUT2D eigenvalue weighted by molar-refractivity contribution is 5.04. The molecule has 0 radical (unpaired) electrons. The van der Waals surface area contributed by atoms with Crippen LogP contribution in [0.2, 0.25) is 0 Å². The van der Waals surface area contributed by atoms with Gasteiger partial charge in [0.25, 0.3) is 0 Å². The fourth-order valence-corrected chi connectivity index (χ4v) is 3.44. The van der Waals surface area contributed by atoms with Gasteiger partial charge in [-0.05, 0) is 38.0 Å². The molecule has 2 heteroatoms. The third-order valence-electron chi connectivity index (χ3n) is 5.13. The van der Waals surface area contributed by atoms with Crippen LogP contribution in [-0.2, 0) is 0 Å². The summed E-state index contributed by atoms with van der Waals surface area (Å²) in [6, 6.07) is 0.774. The van der Waals surface area contributed by atoms with E-state index in [1.165, 1.54) is 51.7 Å². The second kappa shape index (κ2) is 5.92. The lowest BCUT2D eigenvalue weighted by atomic mass is 9.89. The van der Waals surface area contributed by atoms with Crippen molar-refractivity contribution < 1.29 is 0 Å². The highest BCUT2D eigenvalue weighted by atomic mass is 15.3. The van der Waals surface area contributed by atoms with Crippen molar-refractivity contribution in [1.29, 1.82) is 0 Å². The van der Waals surface area contributed by atoms with Gasteiger partial charge in [0.1, 0.15) is 0 Å². The molecule has 2 nitrogen and oxygen atoms in total. The molecule has 106 valence electrons. The van der Waals surface area contributed by atoms with Crippen LogP contribution in [0.15, 0.2) is 0 Å². The number of rotatable bonds is 6. The van der Waals surface area contributed by atoms with E-state index in [1.54, 1.807) is 0 Å². The lowest BCUT2D eigenvalue weighted by Gasteiger charge is -2.47. The first kappa shape index (κ1) is 14.3. The largest absolute Gasteiger partial charge is 0.308 e. The zero-order chi connectivity index (χ0) is 13.2. The number of nitrogens with one attached hydrogen (secondary N) is 1. The molecular weight excluding hydrogens is 220 g/mol. The predicted octanol–water partition coefficient (Wildman–Crippen LogP) is 3.28. The molecule has 1 heterocycles. The van der Waals surface area contributed by atoms with Gasteiger partial charge in [-0.25, -0.2) is 0 Å². The van der Waals surface area contributed by atoms with E-state index in [2.05, 4.69) is 37.9 Å². The fourth-order valence-electron chi connectivity index (χ4n) is 3.44. The summed E-state index contributed by atoms with van der Waals surface area (Å²) in [4.78, 5) is 2.80. The number of hydrogen-bond donors (Lipinski definition) is 1. The van der Waals surface area contributed by atoms with Gasteiger partial charge in [0, 0.05) is 31.2 Å². The molecule has 0 aromatic heterocycles. The molecule has 2 rings (SSSR count). The average molecular weight is 252 g/mol. The molecule has 1 saturated carbocycles. The van der Waals surface area contributed by atoms with Gasteiger partial charge in [-0.15, -0.1) is 0 Å². The Morgan fingerprint density at radius 1 is 1.33 bits per heavy atom. The zero-order valence-electron chi connectivity index (χ0n) is 12.8. The summed E-state index contributed by atoms with van der Waals surface area (Å²) in [6.07, 6.45) is 6.86. The quantitative estimate of drug-likeness (QED) is 0.780. The van der Waals surface area contributed by atoms with Gasteiger partial charge < -0.3 is 5.32 Å². The van der Waals surface area contributed by atoms with E-state index in [1.807, 2.05) is 0 Å². The Morgan fingerprint density at radius 2 is 2.06 bits per heavy atom. The molecule has 0 aromatic rings. The maximum Gasteiger partial charge on any atom is 0.0309 e. The van der Waals surface area contributed by atoms with Crippen LogP contribution < -0.4 is 5.32 Å². The van der Waals surface area contributed by atoms with E-state index in [-0.39, 0.29) is 0 Å². The molecule has 0 spiro atoms. The summed E-state index contributed by atoms with van der Waals surface area (Å²) in [6.45, 7) is 13.3. The van der Waals surface area contributed by atoms with Crippen LogP contribution in [0, 0.1) is 11.8 Å². The summed E-state index contributed by atoms with van der Waals surface area (Å²) >= 11 is 0. The molecule has 3 unspecified atom stereocenters. The second-order valence-electron chi connectivity index (χ2n) is 6.96. The molecule has 2 aliphatic rings. The van der Waals surface area contributed by atoms with Crippen molar-refractivity contribution in [3.05, 3.63) is 0 Å². The van der Waals surface area contributed by atoms with Crippen molar-refractivity contribution in [2.24, 2.45) is 11.8 Å². The Bertz CT molecular complexity index is 262.